The van der Waals surface area contributed by atoms with Crippen LogP contribution in [0, 0.1) is 0 Å². The number of ether oxygens (including phenoxy) is 2. The number of methoxy groups -OCH3 is 1. The molecule has 0 aliphatic heterocycles. The number of nitrogens with one attached hydrogen (secondary N) is 2. The molecule has 2 N–H and O–H groups in total. The number of amides is 1. The van der Waals surface area contributed by atoms with Crippen LogP contribution in [0.4, 0.5) is 0 Å². The molecule has 1 unspecified atom stereocenters. The topological polar surface area (TPSA) is 59.6 Å². The summed E-state index contributed by atoms with van der Waals surface area (Å²) in [6, 6.07) is 7.39. The number of carbonyl (C=O) groups excluding carboxylic acids is 1. The molecular formula is C15H25ClN2O3. The molecule has 5 nitrogen and oxygen atoms in total. The van der Waals surface area contributed by atoms with Crippen LogP contribution in [0.2, 0.25) is 0 Å². The van der Waals surface area contributed by atoms with Crippen molar-refractivity contribution in [1.82, 2.24) is 10.6 Å². The molecule has 0 aliphatic carbocycles. The van der Waals surface area contributed by atoms with E-state index in [9.17, 15) is 4.79 Å². The van der Waals surface area contributed by atoms with Crippen LogP contribution < -0.4 is 20.1 Å². The predicted octanol–water partition coefficient (Wildman–Crippen LogP) is 2.00. The Balaban J connectivity index is 0.00000400. The summed E-state index contributed by atoms with van der Waals surface area (Å²) in [5.74, 6) is 1.62. The zero-order valence-electron chi connectivity index (χ0n) is 12.8. The molecule has 0 aliphatic rings. The third-order valence-corrected chi connectivity index (χ3v) is 2.81. The smallest absolute Gasteiger partial charge is 0.220 e. The van der Waals surface area contributed by atoms with Crippen LogP contribution in [0.3, 0.4) is 0 Å². The van der Waals surface area contributed by atoms with Crippen molar-refractivity contribution in [3.05, 3.63) is 24.3 Å². The molecule has 0 heterocycles. The predicted molar refractivity (Wildman–Crippen MR) is 86.5 cm³/mol. The quantitative estimate of drug-likeness (QED) is 0.684. The first-order chi connectivity index (χ1) is 9.65. The maximum absolute atomic E-state index is 11.5. The fourth-order valence-corrected chi connectivity index (χ4v) is 1.70. The van der Waals surface area contributed by atoms with E-state index in [2.05, 4.69) is 10.6 Å². The number of rotatable bonds is 9. The number of halogens is 1. The first-order valence-electron chi connectivity index (χ1n) is 6.87. The van der Waals surface area contributed by atoms with Crippen LogP contribution in [0.1, 0.15) is 19.8 Å². The number of carbonyl (C=O) groups is 1. The summed E-state index contributed by atoms with van der Waals surface area (Å²) in [6.45, 7) is 3.29. The summed E-state index contributed by atoms with van der Waals surface area (Å²) in [4.78, 5) is 11.5. The van der Waals surface area contributed by atoms with E-state index in [1.807, 2.05) is 38.2 Å². The molecule has 0 saturated carbocycles. The van der Waals surface area contributed by atoms with Gasteiger partial charge in [0.1, 0.15) is 17.6 Å². The van der Waals surface area contributed by atoms with Crippen LogP contribution in [-0.2, 0) is 4.79 Å². The monoisotopic (exact) mass is 316 g/mol. The highest BCUT2D eigenvalue weighted by Gasteiger charge is 2.07. The van der Waals surface area contributed by atoms with Crippen LogP contribution in [0.5, 0.6) is 11.5 Å². The normalized spacial score (nSPS) is 11.2. The van der Waals surface area contributed by atoms with E-state index in [0.29, 0.717) is 13.0 Å². The second-order valence-electron chi connectivity index (χ2n) is 4.62. The van der Waals surface area contributed by atoms with Crippen LogP contribution in [-0.4, -0.2) is 39.3 Å². The zero-order valence-corrected chi connectivity index (χ0v) is 13.7. The highest BCUT2D eigenvalue weighted by molar-refractivity contribution is 5.85. The second-order valence-corrected chi connectivity index (χ2v) is 4.62. The van der Waals surface area contributed by atoms with Gasteiger partial charge in [-0.3, -0.25) is 4.79 Å². The van der Waals surface area contributed by atoms with Gasteiger partial charge in [0.15, 0.2) is 0 Å². The molecular weight excluding hydrogens is 292 g/mol. The lowest BCUT2D eigenvalue weighted by atomic mass is 10.3. The number of hydrogen-bond donors (Lipinski definition) is 2. The Labute approximate surface area is 132 Å². The molecule has 1 amide bonds. The van der Waals surface area contributed by atoms with Gasteiger partial charge in [-0.05, 0) is 51.2 Å². The Morgan fingerprint density at radius 1 is 1.24 bits per heavy atom. The van der Waals surface area contributed by atoms with E-state index < -0.39 is 0 Å². The van der Waals surface area contributed by atoms with Crippen molar-refractivity contribution in [3.63, 3.8) is 0 Å². The number of benzene rings is 1. The van der Waals surface area contributed by atoms with Crippen LogP contribution in [0.25, 0.3) is 0 Å². The summed E-state index contributed by atoms with van der Waals surface area (Å²) in [6.07, 6.45) is 1.31. The second kappa shape index (κ2) is 11.2. The first kappa shape index (κ1) is 19.5. The van der Waals surface area contributed by atoms with E-state index in [1.54, 1.807) is 7.11 Å². The molecule has 6 heteroatoms. The average molecular weight is 317 g/mol. The van der Waals surface area contributed by atoms with E-state index in [-0.39, 0.29) is 24.4 Å². The van der Waals surface area contributed by atoms with Gasteiger partial charge in [0.25, 0.3) is 0 Å². The lowest BCUT2D eigenvalue weighted by molar-refractivity contribution is -0.121. The lowest BCUT2D eigenvalue weighted by Crippen LogP contribution is -2.33. The van der Waals surface area contributed by atoms with Gasteiger partial charge in [-0.2, -0.15) is 0 Å². The molecule has 21 heavy (non-hydrogen) atoms. The molecule has 0 bridgehead atoms. The molecule has 0 fully saturated rings. The third-order valence-electron chi connectivity index (χ3n) is 2.81. The maximum atomic E-state index is 11.5. The summed E-state index contributed by atoms with van der Waals surface area (Å²) in [5, 5.41) is 5.88. The average Bonchev–Trinajstić information content (AvgIpc) is 2.46. The maximum Gasteiger partial charge on any atom is 0.220 e. The summed E-state index contributed by atoms with van der Waals surface area (Å²) in [5.41, 5.74) is 0. The molecule has 0 radical (unpaired) electrons. The van der Waals surface area contributed by atoms with Crippen molar-refractivity contribution in [2.75, 3.05) is 27.2 Å². The van der Waals surface area contributed by atoms with Crippen LogP contribution >= 0.6 is 12.4 Å². The van der Waals surface area contributed by atoms with Gasteiger partial charge >= 0.3 is 0 Å². The van der Waals surface area contributed by atoms with Crippen molar-refractivity contribution < 1.29 is 14.3 Å². The van der Waals surface area contributed by atoms with E-state index in [4.69, 9.17) is 9.47 Å². The standard InChI is InChI=1S/C15H24N2O3.ClH/c1-12(11-17-15(18)5-4-10-16-2)20-14-8-6-13(19-3)7-9-14;/h6-9,12,16H,4-5,10-11H2,1-3H3,(H,17,18);1H. The van der Waals surface area contributed by atoms with Gasteiger partial charge in [-0.25, -0.2) is 0 Å². The minimum Gasteiger partial charge on any atom is -0.497 e. The van der Waals surface area contributed by atoms with Crippen molar-refractivity contribution in [1.29, 1.82) is 0 Å². The molecule has 1 rings (SSSR count). The van der Waals surface area contributed by atoms with Crippen molar-refractivity contribution >= 4 is 18.3 Å². The van der Waals surface area contributed by atoms with Crippen molar-refractivity contribution in [3.8, 4) is 11.5 Å². The largest absolute Gasteiger partial charge is 0.497 e. The fourth-order valence-electron chi connectivity index (χ4n) is 1.70. The minimum atomic E-state index is -0.0726. The highest BCUT2D eigenvalue weighted by Crippen LogP contribution is 2.17. The summed E-state index contributed by atoms with van der Waals surface area (Å²) < 4.78 is 10.8. The van der Waals surface area contributed by atoms with E-state index in [0.717, 1.165) is 24.5 Å². The molecule has 1 atom stereocenters. The molecule has 1 aromatic carbocycles. The molecule has 0 saturated heterocycles. The van der Waals surface area contributed by atoms with E-state index in [1.165, 1.54) is 0 Å². The van der Waals surface area contributed by atoms with Crippen LogP contribution in [0.15, 0.2) is 24.3 Å². The summed E-state index contributed by atoms with van der Waals surface area (Å²) in [7, 11) is 3.50. The van der Waals surface area contributed by atoms with Gasteiger partial charge in [0, 0.05) is 6.42 Å². The van der Waals surface area contributed by atoms with Crippen molar-refractivity contribution in [2.24, 2.45) is 0 Å². The molecule has 0 aromatic heterocycles. The van der Waals surface area contributed by atoms with Gasteiger partial charge in [0.05, 0.1) is 13.7 Å². The van der Waals surface area contributed by atoms with Gasteiger partial charge in [0.2, 0.25) is 5.91 Å². The summed E-state index contributed by atoms with van der Waals surface area (Å²) >= 11 is 0. The molecule has 120 valence electrons. The highest BCUT2D eigenvalue weighted by atomic mass is 35.5. The van der Waals surface area contributed by atoms with Gasteiger partial charge < -0.3 is 20.1 Å². The van der Waals surface area contributed by atoms with Gasteiger partial charge in [-0.15, -0.1) is 12.4 Å². The molecule has 1 aromatic rings. The van der Waals surface area contributed by atoms with E-state index >= 15 is 0 Å². The lowest BCUT2D eigenvalue weighted by Gasteiger charge is -2.15. The Hall–Kier alpha value is -1.46. The number of hydrogen-bond acceptors (Lipinski definition) is 4. The third kappa shape index (κ3) is 8.42. The Morgan fingerprint density at radius 3 is 2.43 bits per heavy atom. The first-order valence-corrected chi connectivity index (χ1v) is 6.87. The molecule has 0 spiro atoms. The van der Waals surface area contributed by atoms with Crippen molar-refractivity contribution in [2.45, 2.75) is 25.9 Å². The van der Waals surface area contributed by atoms with Gasteiger partial charge in [-0.1, -0.05) is 0 Å². The minimum absolute atomic E-state index is 0. The Kier molecular flexibility index (Phi) is 10.4. The fraction of sp³-hybridized carbons (Fsp3) is 0.533. The zero-order chi connectivity index (χ0) is 14.8. The Morgan fingerprint density at radius 2 is 1.86 bits per heavy atom. The SMILES string of the molecule is CNCCCC(=O)NCC(C)Oc1ccc(OC)cc1.Cl. The Bertz CT molecular complexity index is 398.